The highest BCUT2D eigenvalue weighted by Crippen LogP contribution is 2.33. The number of hydrogen-bond donors (Lipinski definition) is 2. The van der Waals surface area contributed by atoms with Gasteiger partial charge in [-0.3, -0.25) is 0 Å². The third-order valence-corrected chi connectivity index (χ3v) is 5.67. The summed E-state index contributed by atoms with van der Waals surface area (Å²) in [6.45, 7) is 0. The third-order valence-electron chi connectivity index (χ3n) is 4.69. The second kappa shape index (κ2) is 7.47. The number of rotatable bonds is 1. The summed E-state index contributed by atoms with van der Waals surface area (Å²) in [5.74, 6) is 0. The van der Waals surface area contributed by atoms with Crippen LogP contribution in [0.4, 0.5) is 0 Å². The molecule has 122 valence electrons. The van der Waals surface area contributed by atoms with Crippen molar-refractivity contribution in [1.82, 2.24) is 5.32 Å². The van der Waals surface area contributed by atoms with Gasteiger partial charge in [-0.25, -0.2) is 0 Å². The Balaban J connectivity index is 0.000000136. The first-order valence-corrected chi connectivity index (χ1v) is 9.59. The maximum Gasteiger partial charge on any atom is 0.0796 e. The van der Waals surface area contributed by atoms with Crippen molar-refractivity contribution >= 4 is 31.9 Å². The molecule has 4 heteroatoms. The lowest BCUT2D eigenvalue weighted by molar-refractivity contribution is 0.180. The quantitative estimate of drug-likeness (QED) is 0.650. The van der Waals surface area contributed by atoms with Crippen LogP contribution in [0, 0.1) is 0 Å². The van der Waals surface area contributed by atoms with E-state index in [1.165, 1.54) is 34.0 Å². The molecule has 0 amide bonds. The van der Waals surface area contributed by atoms with E-state index >= 15 is 0 Å². The maximum absolute atomic E-state index is 9.48. The first-order chi connectivity index (χ1) is 11.1. The van der Waals surface area contributed by atoms with Gasteiger partial charge in [-0.05, 0) is 79.3 Å². The molecule has 0 aromatic heterocycles. The zero-order valence-electron chi connectivity index (χ0n) is 13.2. The Hall–Kier alpha value is -0.680. The molecule has 0 unspecified atom stereocenters. The van der Waals surface area contributed by atoms with Crippen LogP contribution in [0.15, 0.2) is 45.3 Å². The molecule has 2 nitrogen and oxygen atoms in total. The molecule has 2 aliphatic rings. The first kappa shape index (κ1) is 17.2. The Labute approximate surface area is 154 Å². The smallest absolute Gasteiger partial charge is 0.0796 e. The fourth-order valence-electron chi connectivity index (χ4n) is 3.42. The molecule has 0 aliphatic heterocycles. The van der Waals surface area contributed by atoms with Gasteiger partial charge in [0, 0.05) is 15.0 Å². The van der Waals surface area contributed by atoms with Gasteiger partial charge in [-0.15, -0.1) is 0 Å². The SMILES string of the molecule is CN[C@@H]1CCc2ccc(Br)cc21.O[C@H]1CCc2ccc(Br)cc21. The van der Waals surface area contributed by atoms with E-state index in [0.717, 1.165) is 22.9 Å². The van der Waals surface area contributed by atoms with E-state index in [2.05, 4.69) is 61.4 Å². The molecule has 2 aromatic carbocycles. The summed E-state index contributed by atoms with van der Waals surface area (Å²) in [5.41, 5.74) is 5.35. The Morgan fingerprint density at radius 1 is 0.913 bits per heavy atom. The number of halogens is 2. The molecular weight excluding hydrogens is 418 g/mol. The van der Waals surface area contributed by atoms with Crippen molar-refractivity contribution in [3.8, 4) is 0 Å². The second-order valence-corrected chi connectivity index (χ2v) is 7.95. The Morgan fingerprint density at radius 3 is 2.13 bits per heavy atom. The van der Waals surface area contributed by atoms with E-state index in [0.29, 0.717) is 6.04 Å². The lowest BCUT2D eigenvalue weighted by Gasteiger charge is -2.09. The van der Waals surface area contributed by atoms with Gasteiger partial charge < -0.3 is 10.4 Å². The van der Waals surface area contributed by atoms with Crippen molar-refractivity contribution in [3.05, 3.63) is 67.6 Å². The van der Waals surface area contributed by atoms with Gasteiger partial charge in [0.05, 0.1) is 6.10 Å². The van der Waals surface area contributed by atoms with E-state index < -0.39 is 0 Å². The van der Waals surface area contributed by atoms with E-state index in [1.807, 2.05) is 19.2 Å². The van der Waals surface area contributed by atoms with Crippen molar-refractivity contribution in [3.63, 3.8) is 0 Å². The van der Waals surface area contributed by atoms with Gasteiger partial charge in [0.1, 0.15) is 0 Å². The molecule has 0 fully saturated rings. The molecule has 0 saturated heterocycles. The first-order valence-electron chi connectivity index (χ1n) is 8.00. The van der Waals surface area contributed by atoms with E-state index in [4.69, 9.17) is 0 Å². The number of fused-ring (bicyclic) bond motifs is 2. The molecule has 2 aliphatic carbocycles. The van der Waals surface area contributed by atoms with Crippen LogP contribution in [-0.2, 0) is 12.8 Å². The highest BCUT2D eigenvalue weighted by Gasteiger charge is 2.20. The summed E-state index contributed by atoms with van der Waals surface area (Å²) < 4.78 is 2.24. The monoisotopic (exact) mass is 437 g/mol. The number of aliphatic hydroxyl groups is 1. The topological polar surface area (TPSA) is 32.3 Å². The van der Waals surface area contributed by atoms with Crippen molar-refractivity contribution in [2.24, 2.45) is 0 Å². The van der Waals surface area contributed by atoms with Crippen molar-refractivity contribution in [2.75, 3.05) is 7.05 Å². The molecule has 2 N–H and O–H groups in total. The van der Waals surface area contributed by atoms with Gasteiger partial charge in [0.15, 0.2) is 0 Å². The van der Waals surface area contributed by atoms with E-state index in [-0.39, 0.29) is 6.10 Å². The van der Waals surface area contributed by atoms with Crippen LogP contribution in [0.2, 0.25) is 0 Å². The normalized spacial score (nSPS) is 21.4. The number of nitrogens with one attached hydrogen (secondary N) is 1. The van der Waals surface area contributed by atoms with Crippen LogP contribution in [0.5, 0.6) is 0 Å². The predicted octanol–water partition coefficient (Wildman–Crippen LogP) is 5.08. The lowest BCUT2D eigenvalue weighted by atomic mass is 10.1. The molecule has 0 radical (unpaired) electrons. The summed E-state index contributed by atoms with van der Waals surface area (Å²) in [4.78, 5) is 0. The Kier molecular flexibility index (Phi) is 5.57. The largest absolute Gasteiger partial charge is 0.388 e. The average Bonchev–Trinajstić information content (AvgIpc) is 3.11. The van der Waals surface area contributed by atoms with Gasteiger partial charge in [-0.2, -0.15) is 0 Å². The van der Waals surface area contributed by atoms with Crippen LogP contribution < -0.4 is 5.32 Å². The standard InChI is InChI=1S/C10H12BrN.C9H9BrO/c1-12-10-5-3-7-2-4-8(11)6-9(7)10;10-7-3-1-6-2-4-9(11)8(6)5-7/h2,4,6,10,12H,3,5H2,1H3;1,3,5,9,11H,2,4H2/t10-;9-/m10/s1. The average molecular weight is 439 g/mol. The predicted molar refractivity (Wildman–Crippen MR) is 102 cm³/mol. The maximum atomic E-state index is 9.48. The summed E-state index contributed by atoms with van der Waals surface area (Å²) in [6, 6.07) is 13.2. The number of benzene rings is 2. The second-order valence-electron chi connectivity index (χ2n) is 6.12. The minimum absolute atomic E-state index is 0.234. The van der Waals surface area contributed by atoms with Gasteiger partial charge in [0.2, 0.25) is 0 Å². The molecule has 0 bridgehead atoms. The van der Waals surface area contributed by atoms with Crippen LogP contribution in [0.3, 0.4) is 0 Å². The highest BCUT2D eigenvalue weighted by atomic mass is 79.9. The van der Waals surface area contributed by atoms with Gasteiger partial charge in [-0.1, -0.05) is 44.0 Å². The summed E-state index contributed by atoms with van der Waals surface area (Å²) in [6.07, 6.45) is 4.12. The molecule has 0 heterocycles. The molecule has 23 heavy (non-hydrogen) atoms. The zero-order chi connectivity index (χ0) is 16.4. The molecule has 0 spiro atoms. The summed E-state index contributed by atoms with van der Waals surface area (Å²) in [7, 11) is 2.03. The zero-order valence-corrected chi connectivity index (χ0v) is 16.3. The molecular formula is C19H21Br2NO. The molecule has 2 aromatic rings. The summed E-state index contributed by atoms with van der Waals surface area (Å²) >= 11 is 6.88. The van der Waals surface area contributed by atoms with Crippen molar-refractivity contribution < 1.29 is 5.11 Å². The summed E-state index contributed by atoms with van der Waals surface area (Å²) in [5, 5.41) is 12.8. The number of aliphatic hydroxyl groups excluding tert-OH is 1. The van der Waals surface area contributed by atoms with E-state index in [9.17, 15) is 5.11 Å². The Morgan fingerprint density at radius 2 is 1.48 bits per heavy atom. The third kappa shape index (κ3) is 3.87. The minimum atomic E-state index is -0.234. The minimum Gasteiger partial charge on any atom is -0.388 e. The molecule has 4 rings (SSSR count). The van der Waals surface area contributed by atoms with Crippen LogP contribution in [0.1, 0.15) is 47.2 Å². The van der Waals surface area contributed by atoms with Crippen LogP contribution in [0.25, 0.3) is 0 Å². The number of hydrogen-bond acceptors (Lipinski definition) is 2. The fraction of sp³-hybridized carbons (Fsp3) is 0.368. The lowest BCUT2D eigenvalue weighted by Crippen LogP contribution is -2.12. The van der Waals surface area contributed by atoms with E-state index in [1.54, 1.807) is 0 Å². The highest BCUT2D eigenvalue weighted by molar-refractivity contribution is 9.10. The Bertz CT molecular complexity index is 702. The number of aryl methyl sites for hydroxylation is 2. The van der Waals surface area contributed by atoms with Crippen LogP contribution >= 0.6 is 31.9 Å². The van der Waals surface area contributed by atoms with Gasteiger partial charge >= 0.3 is 0 Å². The van der Waals surface area contributed by atoms with Gasteiger partial charge in [0.25, 0.3) is 0 Å². The molecule has 0 saturated carbocycles. The fourth-order valence-corrected chi connectivity index (χ4v) is 4.18. The van der Waals surface area contributed by atoms with Crippen molar-refractivity contribution in [1.29, 1.82) is 0 Å². The van der Waals surface area contributed by atoms with Crippen LogP contribution in [-0.4, -0.2) is 12.2 Å². The molecule has 2 atom stereocenters. The van der Waals surface area contributed by atoms with Crippen molar-refractivity contribution in [2.45, 2.75) is 37.8 Å².